The van der Waals surface area contributed by atoms with Gasteiger partial charge in [-0.1, -0.05) is 35.9 Å². The molecule has 1 aromatic carbocycles. The Labute approximate surface area is 241 Å². The molecule has 0 aliphatic carbocycles. The second-order valence-electron chi connectivity index (χ2n) is 10.4. The Morgan fingerprint density at radius 2 is 1.90 bits per heavy atom. The second-order valence-corrected chi connectivity index (χ2v) is 11.9. The number of hydrogen-bond acceptors (Lipinski definition) is 6. The number of aromatic nitrogens is 3. The van der Waals surface area contributed by atoms with Crippen LogP contribution in [0.3, 0.4) is 0 Å². The third kappa shape index (κ3) is 5.64. The maximum Gasteiger partial charge on any atom is 0.435 e. The third-order valence-electron chi connectivity index (χ3n) is 6.38. The molecule has 5 rings (SSSR count). The number of nitrogens with zero attached hydrogens (tertiary/aromatic N) is 5. The van der Waals surface area contributed by atoms with E-state index in [1.807, 2.05) is 0 Å². The Morgan fingerprint density at radius 3 is 2.56 bits per heavy atom. The van der Waals surface area contributed by atoms with Gasteiger partial charge in [-0.3, -0.25) is 4.98 Å². The van der Waals surface area contributed by atoms with Gasteiger partial charge in [0.25, 0.3) is 0 Å². The highest BCUT2D eigenvalue weighted by Gasteiger charge is 2.40. The first kappa shape index (κ1) is 28.6. The normalized spacial score (nSPS) is 15.4. The number of pyridine rings is 1. The van der Waals surface area contributed by atoms with Gasteiger partial charge in [-0.25, -0.2) is 13.9 Å². The average Bonchev–Trinajstić information content (AvgIpc) is 3.52. The fourth-order valence-electron chi connectivity index (χ4n) is 4.77. The van der Waals surface area contributed by atoms with E-state index in [1.54, 1.807) is 45.0 Å². The molecule has 3 aromatic heterocycles. The molecule has 41 heavy (non-hydrogen) atoms. The Balaban J connectivity index is 1.68. The predicted octanol–water partition coefficient (Wildman–Crippen LogP) is 7.56. The topological polar surface area (TPSA) is 84.0 Å². The molecule has 0 radical (unpaired) electrons. The van der Waals surface area contributed by atoms with Gasteiger partial charge in [0.05, 0.1) is 17.8 Å². The minimum Gasteiger partial charge on any atom is -0.444 e. The molecule has 4 aromatic rings. The van der Waals surface area contributed by atoms with Crippen molar-refractivity contribution in [1.29, 1.82) is 5.26 Å². The van der Waals surface area contributed by atoms with Crippen molar-refractivity contribution in [3.63, 3.8) is 0 Å². The maximum atomic E-state index is 14.6. The van der Waals surface area contributed by atoms with E-state index < -0.39 is 35.3 Å². The first-order chi connectivity index (χ1) is 19.3. The first-order valence-electron chi connectivity index (χ1n) is 12.3. The number of halogens is 5. The number of amides is 1. The monoisotopic (exact) mass is 603 g/mol. The molecule has 0 fully saturated rings. The highest BCUT2D eigenvalue weighted by atomic mass is 35.5. The molecule has 1 amide bonds. The van der Waals surface area contributed by atoms with Crippen molar-refractivity contribution in [3.8, 4) is 22.9 Å². The van der Waals surface area contributed by atoms with Crippen LogP contribution in [0.1, 0.15) is 53.3 Å². The number of carbonyl (C=O) groups excluding carboxylic acids is 1. The van der Waals surface area contributed by atoms with E-state index in [-0.39, 0.29) is 34.9 Å². The summed E-state index contributed by atoms with van der Waals surface area (Å²) in [6.07, 6.45) is -2.44. The standard InChI is InChI=1S/C28H22ClF4N5O2S/c1-27(2,3)40-26(39)37-12-19(18-8-15(9-34)41-23(18)14-37)16-6-4-5-7-17(16)20-13-38(36-25(20)28(31,32)33)24-21(29)10-35-11-22(24)30/h4-8,10-11,13,19H,12,14H2,1-3H3/t19-/m0/s1. The van der Waals surface area contributed by atoms with E-state index in [0.29, 0.717) is 10.4 Å². The zero-order valence-electron chi connectivity index (χ0n) is 22.0. The van der Waals surface area contributed by atoms with Crippen LogP contribution in [-0.4, -0.2) is 37.9 Å². The number of hydrogen-bond donors (Lipinski definition) is 0. The summed E-state index contributed by atoms with van der Waals surface area (Å²) >= 11 is 7.30. The summed E-state index contributed by atoms with van der Waals surface area (Å²) in [6, 6.07) is 10.3. The number of benzene rings is 1. The van der Waals surface area contributed by atoms with Crippen LogP contribution in [0.5, 0.6) is 0 Å². The molecule has 4 heterocycles. The zero-order valence-corrected chi connectivity index (χ0v) is 23.5. The fraction of sp³-hybridized carbons (Fsp3) is 0.286. The number of rotatable bonds is 3. The SMILES string of the molecule is CC(C)(C)OC(=O)N1Cc2sc(C#N)cc2[C@H](c2ccccc2-c2cn(-c3c(F)cncc3Cl)nc2C(F)(F)F)C1. The van der Waals surface area contributed by atoms with E-state index in [9.17, 15) is 27.6 Å². The Hall–Kier alpha value is -3.95. The lowest BCUT2D eigenvalue weighted by Crippen LogP contribution is -2.41. The second kappa shape index (κ2) is 10.5. The number of alkyl halides is 3. The van der Waals surface area contributed by atoms with Crippen molar-refractivity contribution in [2.45, 2.75) is 45.0 Å². The van der Waals surface area contributed by atoms with E-state index >= 15 is 0 Å². The predicted molar refractivity (Wildman–Crippen MR) is 144 cm³/mol. The van der Waals surface area contributed by atoms with Gasteiger partial charge in [0.1, 0.15) is 22.2 Å². The van der Waals surface area contributed by atoms with Gasteiger partial charge in [0.2, 0.25) is 0 Å². The molecule has 1 atom stereocenters. The molecular weight excluding hydrogens is 582 g/mol. The molecule has 13 heteroatoms. The molecule has 0 unspecified atom stereocenters. The Kier molecular flexibility index (Phi) is 7.29. The summed E-state index contributed by atoms with van der Waals surface area (Å²) in [4.78, 5) is 19.3. The van der Waals surface area contributed by atoms with E-state index in [1.165, 1.54) is 22.3 Å². The number of ether oxygens (including phenoxy) is 1. The first-order valence-corrected chi connectivity index (χ1v) is 13.5. The molecule has 0 bridgehead atoms. The minimum atomic E-state index is -4.89. The Morgan fingerprint density at radius 1 is 1.17 bits per heavy atom. The van der Waals surface area contributed by atoms with Crippen LogP contribution >= 0.6 is 22.9 Å². The van der Waals surface area contributed by atoms with Crippen LogP contribution in [0.25, 0.3) is 16.8 Å². The number of fused-ring (bicyclic) bond motifs is 1. The minimum absolute atomic E-state index is 0.0980. The smallest absolute Gasteiger partial charge is 0.435 e. The average molecular weight is 604 g/mol. The molecular formula is C28H22ClF4N5O2S. The van der Waals surface area contributed by atoms with Crippen molar-refractivity contribution in [3.05, 3.63) is 86.3 Å². The third-order valence-corrected chi connectivity index (χ3v) is 7.70. The van der Waals surface area contributed by atoms with Crippen molar-refractivity contribution >= 4 is 29.0 Å². The van der Waals surface area contributed by atoms with Crippen LogP contribution in [0.15, 0.2) is 48.9 Å². The van der Waals surface area contributed by atoms with Gasteiger partial charge < -0.3 is 9.64 Å². The summed E-state index contributed by atoms with van der Waals surface area (Å²) in [5.74, 6) is -1.53. The molecule has 0 saturated carbocycles. The van der Waals surface area contributed by atoms with Gasteiger partial charge in [-0.2, -0.15) is 23.5 Å². The van der Waals surface area contributed by atoms with Gasteiger partial charge in [-0.05, 0) is 43.5 Å². The molecule has 212 valence electrons. The number of nitriles is 1. The zero-order chi connectivity index (χ0) is 29.7. The van der Waals surface area contributed by atoms with Gasteiger partial charge in [0.15, 0.2) is 11.5 Å². The van der Waals surface area contributed by atoms with Gasteiger partial charge in [0, 0.05) is 35.3 Å². The van der Waals surface area contributed by atoms with Crippen LogP contribution in [-0.2, 0) is 17.5 Å². The quantitative estimate of drug-likeness (QED) is 0.226. The highest BCUT2D eigenvalue weighted by molar-refractivity contribution is 7.12. The fourth-order valence-corrected chi connectivity index (χ4v) is 6.04. The lowest BCUT2D eigenvalue weighted by Gasteiger charge is -2.35. The van der Waals surface area contributed by atoms with Gasteiger partial charge >= 0.3 is 12.3 Å². The molecule has 1 aliphatic rings. The highest BCUT2D eigenvalue weighted by Crippen LogP contribution is 2.45. The largest absolute Gasteiger partial charge is 0.444 e. The van der Waals surface area contributed by atoms with Crippen molar-refractivity contribution < 1.29 is 27.1 Å². The lowest BCUT2D eigenvalue weighted by atomic mass is 9.84. The summed E-state index contributed by atoms with van der Waals surface area (Å²) in [7, 11) is 0. The summed E-state index contributed by atoms with van der Waals surface area (Å²) in [5.41, 5.74) is -1.28. The molecule has 0 spiro atoms. The number of thiophene rings is 1. The summed E-state index contributed by atoms with van der Waals surface area (Å²) < 4.78 is 63.9. The summed E-state index contributed by atoms with van der Waals surface area (Å²) in [5, 5.41) is 13.0. The van der Waals surface area contributed by atoms with Crippen molar-refractivity contribution in [1.82, 2.24) is 19.7 Å². The van der Waals surface area contributed by atoms with Crippen LogP contribution in [0, 0.1) is 17.1 Å². The molecule has 7 nitrogen and oxygen atoms in total. The van der Waals surface area contributed by atoms with E-state index in [2.05, 4.69) is 16.2 Å². The van der Waals surface area contributed by atoms with E-state index in [0.717, 1.165) is 33.7 Å². The summed E-state index contributed by atoms with van der Waals surface area (Å²) in [6.45, 7) is 5.50. The van der Waals surface area contributed by atoms with Crippen molar-refractivity contribution in [2.24, 2.45) is 0 Å². The van der Waals surface area contributed by atoms with Crippen LogP contribution in [0.2, 0.25) is 5.02 Å². The number of carbonyl (C=O) groups is 1. The lowest BCUT2D eigenvalue weighted by molar-refractivity contribution is -0.140. The molecule has 1 aliphatic heterocycles. The Bertz CT molecular complexity index is 1670. The van der Waals surface area contributed by atoms with E-state index in [4.69, 9.17) is 16.3 Å². The maximum absolute atomic E-state index is 14.6. The van der Waals surface area contributed by atoms with Gasteiger partial charge in [-0.15, -0.1) is 11.3 Å². The molecule has 0 saturated heterocycles. The van der Waals surface area contributed by atoms with Crippen molar-refractivity contribution in [2.75, 3.05) is 6.54 Å². The van der Waals surface area contributed by atoms with Crippen LogP contribution in [0.4, 0.5) is 22.4 Å². The van der Waals surface area contributed by atoms with Crippen LogP contribution < -0.4 is 0 Å². The molecule has 0 N–H and O–H groups in total.